The van der Waals surface area contributed by atoms with Crippen molar-refractivity contribution >= 4 is 27.6 Å². The van der Waals surface area contributed by atoms with Crippen molar-refractivity contribution in [1.29, 1.82) is 0 Å². The molecule has 0 aliphatic carbocycles. The van der Waals surface area contributed by atoms with Gasteiger partial charge in [0.25, 0.3) is 0 Å². The van der Waals surface area contributed by atoms with E-state index in [-0.39, 0.29) is 0 Å². The molecular formula is C13H18BrNO2. The van der Waals surface area contributed by atoms with E-state index >= 15 is 0 Å². The van der Waals surface area contributed by atoms with Crippen LogP contribution in [0.1, 0.15) is 37.0 Å². The van der Waals surface area contributed by atoms with E-state index in [1.807, 2.05) is 6.07 Å². The highest BCUT2D eigenvalue weighted by Crippen LogP contribution is 2.25. The fourth-order valence-corrected chi connectivity index (χ4v) is 2.19. The van der Waals surface area contributed by atoms with Gasteiger partial charge < -0.3 is 10.0 Å². The molecule has 0 aliphatic rings. The molecule has 3 nitrogen and oxygen atoms in total. The third kappa shape index (κ3) is 3.73. The monoisotopic (exact) mass is 299 g/mol. The summed E-state index contributed by atoms with van der Waals surface area (Å²) in [6, 6.07) is 5.30. The summed E-state index contributed by atoms with van der Waals surface area (Å²) in [5.74, 6) is -0.871. The fraction of sp³-hybridized carbons (Fsp3) is 0.462. The second-order valence-corrected chi connectivity index (χ2v) is 4.87. The Morgan fingerprint density at radius 3 is 2.35 bits per heavy atom. The van der Waals surface area contributed by atoms with Crippen molar-refractivity contribution in [3.8, 4) is 0 Å². The fourth-order valence-electron chi connectivity index (χ4n) is 1.84. The van der Waals surface area contributed by atoms with E-state index in [2.05, 4.69) is 34.7 Å². The minimum Gasteiger partial charge on any atom is -0.478 e. The number of rotatable bonds is 6. The van der Waals surface area contributed by atoms with E-state index in [1.54, 1.807) is 12.1 Å². The third-order valence-corrected chi connectivity index (χ3v) is 3.01. The van der Waals surface area contributed by atoms with E-state index in [9.17, 15) is 9.90 Å². The van der Waals surface area contributed by atoms with Crippen LogP contribution < -0.4 is 4.90 Å². The summed E-state index contributed by atoms with van der Waals surface area (Å²) in [5.41, 5.74) is 1.17. The first-order valence-electron chi connectivity index (χ1n) is 5.88. The maximum absolute atomic E-state index is 11.2. The lowest BCUT2D eigenvalue weighted by molar-refractivity contribution is 0.0697. The second kappa shape index (κ2) is 6.64. The smallest absolute Gasteiger partial charge is 0.337 e. The van der Waals surface area contributed by atoms with Crippen LogP contribution in [0.4, 0.5) is 5.69 Å². The van der Waals surface area contributed by atoms with Crippen LogP contribution in [0, 0.1) is 0 Å². The molecule has 1 aromatic rings. The van der Waals surface area contributed by atoms with Gasteiger partial charge in [-0.05, 0) is 31.0 Å². The predicted octanol–water partition coefficient (Wildman–Crippen LogP) is 3.77. The maximum Gasteiger partial charge on any atom is 0.337 e. The highest BCUT2D eigenvalue weighted by Gasteiger charge is 2.15. The SMILES string of the molecule is CCCN(CCC)c1cc(Br)ccc1C(=O)O. The van der Waals surface area contributed by atoms with Crippen molar-refractivity contribution in [2.45, 2.75) is 26.7 Å². The van der Waals surface area contributed by atoms with Gasteiger partial charge >= 0.3 is 5.97 Å². The number of carbonyl (C=O) groups is 1. The van der Waals surface area contributed by atoms with Gasteiger partial charge in [0.05, 0.1) is 11.3 Å². The molecule has 17 heavy (non-hydrogen) atoms. The van der Waals surface area contributed by atoms with E-state index < -0.39 is 5.97 Å². The minimum atomic E-state index is -0.871. The first kappa shape index (κ1) is 14.0. The third-order valence-electron chi connectivity index (χ3n) is 2.52. The van der Waals surface area contributed by atoms with Crippen LogP contribution in [-0.2, 0) is 0 Å². The van der Waals surface area contributed by atoms with Gasteiger partial charge in [-0.15, -0.1) is 0 Å². The quantitative estimate of drug-likeness (QED) is 0.869. The van der Waals surface area contributed by atoms with Gasteiger partial charge in [-0.25, -0.2) is 4.79 Å². The lowest BCUT2D eigenvalue weighted by Crippen LogP contribution is -2.26. The number of benzene rings is 1. The van der Waals surface area contributed by atoms with Crippen molar-refractivity contribution in [2.24, 2.45) is 0 Å². The average molecular weight is 300 g/mol. The molecule has 0 saturated heterocycles. The molecule has 0 heterocycles. The molecule has 1 N–H and O–H groups in total. The highest BCUT2D eigenvalue weighted by atomic mass is 79.9. The normalized spacial score (nSPS) is 10.3. The van der Waals surface area contributed by atoms with Crippen molar-refractivity contribution in [2.75, 3.05) is 18.0 Å². The Bertz CT molecular complexity index is 387. The van der Waals surface area contributed by atoms with Crippen LogP contribution in [0.25, 0.3) is 0 Å². The van der Waals surface area contributed by atoms with Crippen molar-refractivity contribution in [3.63, 3.8) is 0 Å². The Labute approximate surface area is 111 Å². The zero-order valence-corrected chi connectivity index (χ0v) is 11.8. The molecule has 94 valence electrons. The van der Waals surface area contributed by atoms with Crippen LogP contribution in [0.5, 0.6) is 0 Å². The Balaban J connectivity index is 3.14. The van der Waals surface area contributed by atoms with Gasteiger partial charge in [0.1, 0.15) is 0 Å². The molecule has 0 unspecified atom stereocenters. The largest absolute Gasteiger partial charge is 0.478 e. The number of hydrogen-bond acceptors (Lipinski definition) is 2. The van der Waals surface area contributed by atoms with Crippen LogP contribution in [0.2, 0.25) is 0 Å². The first-order valence-corrected chi connectivity index (χ1v) is 6.67. The van der Waals surface area contributed by atoms with Crippen LogP contribution in [0.3, 0.4) is 0 Å². The molecule has 4 heteroatoms. The van der Waals surface area contributed by atoms with Crippen LogP contribution in [-0.4, -0.2) is 24.2 Å². The maximum atomic E-state index is 11.2. The zero-order chi connectivity index (χ0) is 12.8. The average Bonchev–Trinajstić information content (AvgIpc) is 2.28. The molecular weight excluding hydrogens is 282 g/mol. The van der Waals surface area contributed by atoms with Gasteiger partial charge in [0.15, 0.2) is 0 Å². The predicted molar refractivity (Wildman–Crippen MR) is 73.9 cm³/mol. The van der Waals surface area contributed by atoms with Crippen molar-refractivity contribution in [3.05, 3.63) is 28.2 Å². The molecule has 0 bridgehead atoms. The van der Waals surface area contributed by atoms with Gasteiger partial charge in [-0.3, -0.25) is 0 Å². The van der Waals surface area contributed by atoms with Gasteiger partial charge in [0, 0.05) is 17.6 Å². The molecule has 1 rings (SSSR count). The molecule has 0 aromatic heterocycles. The van der Waals surface area contributed by atoms with E-state index in [0.717, 1.165) is 36.1 Å². The zero-order valence-electron chi connectivity index (χ0n) is 10.2. The van der Waals surface area contributed by atoms with Crippen LogP contribution in [0.15, 0.2) is 22.7 Å². The number of nitrogens with zero attached hydrogens (tertiary/aromatic N) is 1. The lowest BCUT2D eigenvalue weighted by atomic mass is 10.1. The number of carboxylic acids is 1. The Morgan fingerprint density at radius 2 is 1.88 bits per heavy atom. The molecule has 0 radical (unpaired) electrons. The Hall–Kier alpha value is -1.03. The molecule has 0 atom stereocenters. The summed E-state index contributed by atoms with van der Waals surface area (Å²) < 4.78 is 0.912. The molecule has 0 amide bonds. The van der Waals surface area contributed by atoms with E-state index in [4.69, 9.17) is 0 Å². The summed E-state index contributed by atoms with van der Waals surface area (Å²) in [6.07, 6.45) is 2.01. The van der Waals surface area contributed by atoms with Crippen molar-refractivity contribution in [1.82, 2.24) is 0 Å². The summed E-state index contributed by atoms with van der Waals surface area (Å²) >= 11 is 3.40. The lowest BCUT2D eigenvalue weighted by Gasteiger charge is -2.25. The summed E-state index contributed by atoms with van der Waals surface area (Å²) in [5, 5.41) is 9.20. The summed E-state index contributed by atoms with van der Waals surface area (Å²) in [7, 11) is 0. The standard InChI is InChI=1S/C13H18BrNO2/c1-3-7-15(8-4-2)12-9-10(14)5-6-11(12)13(16)17/h5-6,9H,3-4,7-8H2,1-2H3,(H,16,17). The Kier molecular flexibility index (Phi) is 5.48. The highest BCUT2D eigenvalue weighted by molar-refractivity contribution is 9.10. The number of carboxylic acid groups (broad SMARTS) is 1. The van der Waals surface area contributed by atoms with Crippen LogP contribution >= 0.6 is 15.9 Å². The number of aromatic carboxylic acids is 1. The second-order valence-electron chi connectivity index (χ2n) is 3.95. The minimum absolute atomic E-state index is 0.370. The summed E-state index contributed by atoms with van der Waals surface area (Å²) in [6.45, 7) is 5.96. The molecule has 0 spiro atoms. The molecule has 1 aromatic carbocycles. The molecule has 0 saturated carbocycles. The molecule has 0 fully saturated rings. The molecule has 0 aliphatic heterocycles. The van der Waals surface area contributed by atoms with Gasteiger partial charge in [-0.2, -0.15) is 0 Å². The number of anilines is 1. The van der Waals surface area contributed by atoms with Gasteiger partial charge in [0.2, 0.25) is 0 Å². The number of halogens is 1. The summed E-state index contributed by atoms with van der Waals surface area (Å²) in [4.78, 5) is 13.3. The van der Waals surface area contributed by atoms with E-state index in [1.165, 1.54) is 0 Å². The first-order chi connectivity index (χ1) is 8.10. The van der Waals surface area contributed by atoms with Crippen molar-refractivity contribution < 1.29 is 9.90 Å². The topological polar surface area (TPSA) is 40.5 Å². The Morgan fingerprint density at radius 1 is 1.29 bits per heavy atom. The number of hydrogen-bond donors (Lipinski definition) is 1. The van der Waals surface area contributed by atoms with Gasteiger partial charge in [-0.1, -0.05) is 29.8 Å². The van der Waals surface area contributed by atoms with E-state index in [0.29, 0.717) is 5.56 Å².